The Kier molecular flexibility index (Phi) is 8.72. The van der Waals surface area contributed by atoms with E-state index in [-0.39, 0.29) is 28.4 Å². The number of amides is 1. The summed E-state index contributed by atoms with van der Waals surface area (Å²) in [6.45, 7) is 19.9. The molecule has 1 saturated heterocycles. The topological polar surface area (TPSA) is 67.0 Å². The van der Waals surface area contributed by atoms with Gasteiger partial charge in [0.25, 0.3) is 0 Å². The highest BCUT2D eigenvalue weighted by molar-refractivity contribution is 6.74. The van der Waals surface area contributed by atoms with Gasteiger partial charge in [-0.05, 0) is 75.5 Å². The third kappa shape index (κ3) is 6.42. The van der Waals surface area contributed by atoms with Gasteiger partial charge in [-0.3, -0.25) is 4.90 Å². The number of carbonyl (C=O) groups is 1. The highest BCUT2D eigenvalue weighted by Crippen LogP contribution is 2.50. The zero-order valence-corrected chi connectivity index (χ0v) is 29.0. The second-order valence-corrected chi connectivity index (χ2v) is 20.0. The van der Waals surface area contributed by atoms with Crippen LogP contribution in [0.5, 0.6) is 5.75 Å². The number of nitrogens with zero attached hydrogens (tertiary/aromatic N) is 2. The highest BCUT2D eigenvalue weighted by atomic mass is 28.4. The van der Waals surface area contributed by atoms with Gasteiger partial charge >= 0.3 is 6.09 Å². The molecule has 0 radical (unpaired) electrons. The fraction of sp³-hybridized carbons (Fsp3) is 0.571. The maximum absolute atomic E-state index is 15.1. The Balaban J connectivity index is 1.59. The summed E-state index contributed by atoms with van der Waals surface area (Å²) in [6.07, 6.45) is 1.29. The van der Waals surface area contributed by atoms with E-state index in [1.54, 1.807) is 13.2 Å². The van der Waals surface area contributed by atoms with Gasteiger partial charge in [0.15, 0.2) is 8.32 Å². The van der Waals surface area contributed by atoms with Crippen molar-refractivity contribution in [3.05, 3.63) is 65.1 Å². The number of hydrogen-bond donors (Lipinski definition) is 1. The maximum atomic E-state index is 15.1. The first-order chi connectivity index (χ1) is 20.5. The number of fused-ring (bicyclic) bond motifs is 4. The second kappa shape index (κ2) is 11.8. The molecule has 2 aliphatic heterocycles. The summed E-state index contributed by atoms with van der Waals surface area (Å²) >= 11 is 0. The molecule has 7 nitrogen and oxygen atoms in total. The van der Waals surface area contributed by atoms with Crippen molar-refractivity contribution >= 4 is 25.3 Å². The summed E-state index contributed by atoms with van der Waals surface area (Å²) < 4.78 is 33.3. The fourth-order valence-corrected chi connectivity index (χ4v) is 7.47. The number of ether oxygens (including phenoxy) is 2. The number of nitrogens with one attached hydrogen (secondary N) is 1. The minimum Gasteiger partial charge on any atom is -0.497 e. The molecular formula is C35H50FN3O4Si. The number of halogens is 1. The SMILES string of the molecule is COc1ccc2c3c([nH]c2c1)[C@H](CO[Si](C)(C)C(C)(C)C)N(Cc1ccccc1F)CC31CCN(C(=O)OC(C)(C)C)CC1. The van der Waals surface area contributed by atoms with Crippen molar-refractivity contribution in [2.45, 2.75) is 96.1 Å². The van der Waals surface area contributed by atoms with E-state index in [0.29, 0.717) is 31.8 Å². The Bertz CT molecular complexity index is 1500. The van der Waals surface area contributed by atoms with E-state index in [4.69, 9.17) is 13.9 Å². The average molecular weight is 624 g/mol. The van der Waals surface area contributed by atoms with Crippen LogP contribution in [0.4, 0.5) is 9.18 Å². The summed E-state index contributed by atoms with van der Waals surface area (Å²) in [6, 6.07) is 13.2. The molecule has 44 heavy (non-hydrogen) atoms. The molecule has 9 heteroatoms. The fourth-order valence-electron chi connectivity index (χ4n) is 6.46. The van der Waals surface area contributed by atoms with Crippen molar-refractivity contribution < 1.29 is 23.1 Å². The Morgan fingerprint density at radius 1 is 1.07 bits per heavy atom. The lowest BCUT2D eigenvalue weighted by Gasteiger charge is -2.51. The predicted octanol–water partition coefficient (Wildman–Crippen LogP) is 8.16. The van der Waals surface area contributed by atoms with Gasteiger partial charge in [-0.25, -0.2) is 9.18 Å². The van der Waals surface area contributed by atoms with E-state index in [9.17, 15) is 4.79 Å². The first-order valence-electron chi connectivity index (χ1n) is 15.8. The number of aromatic amines is 1. The van der Waals surface area contributed by atoms with Crippen LogP contribution in [0, 0.1) is 5.82 Å². The van der Waals surface area contributed by atoms with Crippen molar-refractivity contribution in [3.8, 4) is 5.75 Å². The van der Waals surface area contributed by atoms with Crippen LogP contribution >= 0.6 is 0 Å². The largest absolute Gasteiger partial charge is 0.497 e. The number of hydrogen-bond acceptors (Lipinski definition) is 5. The van der Waals surface area contributed by atoms with Gasteiger partial charge in [0.05, 0.1) is 19.8 Å². The molecule has 1 spiro atoms. The lowest BCUT2D eigenvalue weighted by molar-refractivity contribution is 0.00721. The molecule has 0 aliphatic carbocycles. The molecule has 3 heterocycles. The minimum absolute atomic E-state index is 0.0599. The molecule has 240 valence electrons. The molecule has 0 unspecified atom stereocenters. The summed E-state index contributed by atoms with van der Waals surface area (Å²) in [4.78, 5) is 21.1. The van der Waals surface area contributed by atoms with Crippen LogP contribution in [0.1, 0.15) is 77.2 Å². The zero-order valence-electron chi connectivity index (χ0n) is 28.0. The first kappa shape index (κ1) is 32.5. The number of carbonyl (C=O) groups excluding carboxylic acids is 1. The average Bonchev–Trinajstić information content (AvgIpc) is 3.32. The molecule has 0 bridgehead atoms. The number of piperidine rings is 1. The predicted molar refractivity (Wildman–Crippen MR) is 176 cm³/mol. The summed E-state index contributed by atoms with van der Waals surface area (Å²) in [5, 5.41) is 1.24. The Morgan fingerprint density at radius 3 is 2.36 bits per heavy atom. The molecule has 1 amide bonds. The molecule has 1 fully saturated rings. The van der Waals surface area contributed by atoms with Gasteiger partial charge in [0.1, 0.15) is 17.2 Å². The third-order valence-electron chi connectivity index (χ3n) is 9.96. The van der Waals surface area contributed by atoms with Crippen molar-refractivity contribution in [3.63, 3.8) is 0 Å². The smallest absolute Gasteiger partial charge is 0.410 e. The lowest BCUT2D eigenvalue weighted by atomic mass is 9.68. The maximum Gasteiger partial charge on any atom is 0.410 e. The van der Waals surface area contributed by atoms with E-state index < -0.39 is 13.9 Å². The van der Waals surface area contributed by atoms with Crippen LogP contribution < -0.4 is 4.74 Å². The van der Waals surface area contributed by atoms with Gasteiger partial charge in [0.2, 0.25) is 0 Å². The summed E-state index contributed by atoms with van der Waals surface area (Å²) in [5.41, 5.74) is 3.33. The van der Waals surface area contributed by atoms with Crippen molar-refractivity contribution in [2.24, 2.45) is 0 Å². The number of likely N-dealkylation sites (tertiary alicyclic amines) is 1. The zero-order chi connectivity index (χ0) is 32.1. The Labute approximate surface area is 263 Å². The molecule has 3 aromatic rings. The van der Waals surface area contributed by atoms with E-state index in [2.05, 4.69) is 55.9 Å². The normalized spacial score (nSPS) is 19.3. The molecule has 1 aromatic heterocycles. The van der Waals surface area contributed by atoms with Gasteiger partial charge in [-0.15, -0.1) is 0 Å². The number of benzene rings is 2. The molecular weight excluding hydrogens is 573 g/mol. The van der Waals surface area contributed by atoms with E-state index >= 15 is 4.39 Å². The van der Waals surface area contributed by atoms with Crippen LogP contribution in [-0.4, -0.2) is 68.1 Å². The van der Waals surface area contributed by atoms with E-state index in [1.807, 2.05) is 43.9 Å². The monoisotopic (exact) mass is 623 g/mol. The van der Waals surface area contributed by atoms with Crippen LogP contribution in [0.15, 0.2) is 42.5 Å². The Morgan fingerprint density at radius 2 is 1.75 bits per heavy atom. The summed E-state index contributed by atoms with van der Waals surface area (Å²) in [7, 11) is -0.394. The van der Waals surface area contributed by atoms with Crippen LogP contribution in [0.2, 0.25) is 18.1 Å². The van der Waals surface area contributed by atoms with E-state index in [0.717, 1.165) is 36.3 Å². The van der Waals surface area contributed by atoms with Crippen molar-refractivity contribution in [1.29, 1.82) is 0 Å². The van der Waals surface area contributed by atoms with Crippen LogP contribution in [0.3, 0.4) is 0 Å². The first-order valence-corrected chi connectivity index (χ1v) is 18.7. The summed E-state index contributed by atoms with van der Waals surface area (Å²) in [5.74, 6) is 0.597. The quantitative estimate of drug-likeness (QED) is 0.281. The highest BCUT2D eigenvalue weighted by Gasteiger charge is 2.49. The molecule has 5 rings (SSSR count). The number of aromatic nitrogens is 1. The Hall–Kier alpha value is -2.88. The van der Waals surface area contributed by atoms with Gasteiger partial charge in [0, 0.05) is 59.8 Å². The molecule has 1 N–H and O–H groups in total. The minimum atomic E-state index is -2.08. The number of H-pyrrole nitrogens is 1. The van der Waals surface area contributed by atoms with Gasteiger partial charge in [-0.1, -0.05) is 39.0 Å². The number of rotatable bonds is 6. The molecule has 2 aromatic carbocycles. The third-order valence-corrected chi connectivity index (χ3v) is 14.5. The second-order valence-electron chi connectivity index (χ2n) is 15.2. The van der Waals surface area contributed by atoms with Crippen LogP contribution in [0.25, 0.3) is 10.9 Å². The molecule has 0 saturated carbocycles. The van der Waals surface area contributed by atoms with Gasteiger partial charge in [-0.2, -0.15) is 0 Å². The van der Waals surface area contributed by atoms with Crippen LogP contribution in [-0.2, 0) is 21.1 Å². The molecule has 1 atom stereocenters. The van der Waals surface area contributed by atoms with Gasteiger partial charge < -0.3 is 23.8 Å². The van der Waals surface area contributed by atoms with E-state index in [1.165, 1.54) is 17.0 Å². The lowest BCUT2D eigenvalue weighted by Crippen LogP contribution is -2.55. The van der Waals surface area contributed by atoms with Crippen molar-refractivity contribution in [2.75, 3.05) is 33.4 Å². The number of methoxy groups -OCH3 is 1. The standard InChI is InChI=1S/C35H50FN3O4Si/c1-33(2,3)43-32(40)38-18-16-35(17-19-38)23-39(21-24-12-10-11-13-27(24)36)29(22-42-44(8,9)34(4,5)6)31-30(35)26-15-14-25(41-7)20-28(26)37-31/h10-15,20,29,37H,16-19,21-23H2,1-9H3/t29-/m0/s1. The van der Waals surface area contributed by atoms with Crippen molar-refractivity contribution in [1.82, 2.24) is 14.8 Å². The molecule has 2 aliphatic rings.